The van der Waals surface area contributed by atoms with Crippen molar-refractivity contribution in [3.63, 3.8) is 0 Å². The first-order valence-electron chi connectivity index (χ1n) is 5.15. The quantitative estimate of drug-likeness (QED) is 0.577. The highest BCUT2D eigenvalue weighted by molar-refractivity contribution is 7.99. The highest BCUT2D eigenvalue weighted by Gasteiger charge is 2.09. The number of nitrogens with zero attached hydrogens (tertiary/aromatic N) is 3. The molecular weight excluding hydrogens is 244 g/mol. The maximum absolute atomic E-state index is 9.23. The summed E-state index contributed by atoms with van der Waals surface area (Å²) in [5.74, 6) is 0.746. The van der Waals surface area contributed by atoms with Crippen molar-refractivity contribution in [2.45, 2.75) is 18.2 Å². The molecule has 8 heteroatoms. The number of rotatable bonds is 7. The van der Waals surface area contributed by atoms with Gasteiger partial charge in [-0.25, -0.2) is 0 Å². The topological polar surface area (TPSA) is 100 Å². The number of methoxy groups -OCH3 is 1. The molecule has 17 heavy (non-hydrogen) atoms. The van der Waals surface area contributed by atoms with E-state index < -0.39 is 6.10 Å². The van der Waals surface area contributed by atoms with Gasteiger partial charge in [-0.05, 0) is 6.92 Å². The average molecular weight is 260 g/mol. The molecular formula is C9H16N4O3S. The fourth-order valence-electron chi connectivity index (χ4n) is 0.954. The predicted octanol–water partition coefficient (Wildman–Crippen LogP) is -0.243. The normalized spacial score (nSPS) is 12.2. The predicted molar refractivity (Wildman–Crippen MR) is 64.4 cm³/mol. The van der Waals surface area contributed by atoms with Crippen molar-refractivity contribution in [3.8, 4) is 6.01 Å². The van der Waals surface area contributed by atoms with E-state index in [9.17, 15) is 5.11 Å². The zero-order valence-corrected chi connectivity index (χ0v) is 10.6. The van der Waals surface area contributed by atoms with E-state index in [0.29, 0.717) is 23.4 Å². The summed E-state index contributed by atoms with van der Waals surface area (Å²) < 4.78 is 4.95. The number of aliphatic hydroxyl groups excluding tert-OH is 2. The summed E-state index contributed by atoms with van der Waals surface area (Å²) in [6.45, 7) is 2.34. The average Bonchev–Trinajstić information content (AvgIpc) is 2.36. The van der Waals surface area contributed by atoms with E-state index in [1.165, 1.54) is 18.9 Å². The van der Waals surface area contributed by atoms with Crippen LogP contribution in [-0.4, -0.2) is 57.3 Å². The summed E-state index contributed by atoms with van der Waals surface area (Å²) in [5, 5.41) is 21.3. The molecule has 0 saturated heterocycles. The number of anilines is 1. The number of ether oxygens (including phenoxy) is 1. The van der Waals surface area contributed by atoms with Crippen LogP contribution in [0.2, 0.25) is 0 Å². The molecule has 3 N–H and O–H groups in total. The molecule has 0 saturated carbocycles. The Kier molecular flexibility index (Phi) is 5.95. The number of nitrogens with one attached hydrogen (secondary N) is 1. The van der Waals surface area contributed by atoms with E-state index in [2.05, 4.69) is 20.3 Å². The molecule has 1 rings (SSSR count). The molecule has 0 fully saturated rings. The molecule has 1 aromatic rings. The number of hydrogen-bond acceptors (Lipinski definition) is 8. The van der Waals surface area contributed by atoms with Crippen LogP contribution in [0.25, 0.3) is 0 Å². The Morgan fingerprint density at radius 3 is 2.76 bits per heavy atom. The van der Waals surface area contributed by atoms with Crippen molar-refractivity contribution in [1.82, 2.24) is 15.0 Å². The van der Waals surface area contributed by atoms with E-state index >= 15 is 0 Å². The smallest absolute Gasteiger partial charge is 0.321 e. The fraction of sp³-hybridized carbons (Fsp3) is 0.667. The van der Waals surface area contributed by atoms with Crippen LogP contribution in [-0.2, 0) is 0 Å². The number of aromatic nitrogens is 3. The van der Waals surface area contributed by atoms with Crippen molar-refractivity contribution in [2.75, 3.05) is 31.3 Å². The van der Waals surface area contributed by atoms with Crippen LogP contribution in [0.5, 0.6) is 6.01 Å². The third-order valence-corrected chi connectivity index (χ3v) is 2.72. The first kappa shape index (κ1) is 13.9. The minimum atomic E-state index is -0.787. The Bertz CT molecular complexity index is 353. The molecule has 0 bridgehead atoms. The molecule has 0 aliphatic carbocycles. The number of aliphatic hydroxyl groups is 2. The Morgan fingerprint density at radius 1 is 1.41 bits per heavy atom. The van der Waals surface area contributed by atoms with Gasteiger partial charge in [0.05, 0.1) is 19.8 Å². The Hall–Kier alpha value is -1.12. The molecule has 1 heterocycles. The summed E-state index contributed by atoms with van der Waals surface area (Å²) in [5.41, 5.74) is 0. The van der Waals surface area contributed by atoms with E-state index in [-0.39, 0.29) is 12.6 Å². The van der Waals surface area contributed by atoms with Gasteiger partial charge in [0, 0.05) is 12.3 Å². The second-order valence-electron chi connectivity index (χ2n) is 3.11. The molecule has 0 aromatic carbocycles. The summed E-state index contributed by atoms with van der Waals surface area (Å²) in [6, 6.07) is 0.219. The van der Waals surface area contributed by atoms with Gasteiger partial charge in [-0.2, -0.15) is 15.0 Å². The largest absolute Gasteiger partial charge is 0.467 e. The summed E-state index contributed by atoms with van der Waals surface area (Å²) >= 11 is 1.23. The van der Waals surface area contributed by atoms with Crippen molar-refractivity contribution in [2.24, 2.45) is 0 Å². The van der Waals surface area contributed by atoms with E-state index in [0.717, 1.165) is 0 Å². The van der Waals surface area contributed by atoms with Gasteiger partial charge in [-0.3, -0.25) is 0 Å². The minimum Gasteiger partial charge on any atom is -0.467 e. The molecule has 0 radical (unpaired) electrons. The molecule has 1 aromatic heterocycles. The van der Waals surface area contributed by atoms with Crippen LogP contribution in [0, 0.1) is 0 Å². The Labute approximate surface area is 104 Å². The molecule has 0 amide bonds. The maximum Gasteiger partial charge on any atom is 0.321 e. The molecule has 7 nitrogen and oxygen atoms in total. The van der Waals surface area contributed by atoms with Gasteiger partial charge in [-0.1, -0.05) is 11.8 Å². The fourth-order valence-corrected chi connectivity index (χ4v) is 1.69. The SMILES string of the molecule is CCNc1nc(OC)nc(SCC(O)CO)n1. The van der Waals surface area contributed by atoms with Gasteiger partial charge in [0.1, 0.15) is 0 Å². The second-order valence-corrected chi connectivity index (χ2v) is 4.09. The van der Waals surface area contributed by atoms with Crippen LogP contribution < -0.4 is 10.1 Å². The molecule has 96 valence electrons. The van der Waals surface area contributed by atoms with Crippen LogP contribution in [0.1, 0.15) is 6.92 Å². The molecule has 0 spiro atoms. The van der Waals surface area contributed by atoms with Gasteiger partial charge in [-0.15, -0.1) is 0 Å². The number of hydrogen-bond donors (Lipinski definition) is 3. The van der Waals surface area contributed by atoms with Gasteiger partial charge in [0.2, 0.25) is 5.95 Å². The molecule has 0 aliphatic rings. The summed E-state index contributed by atoms with van der Waals surface area (Å²) in [6.07, 6.45) is -0.787. The lowest BCUT2D eigenvalue weighted by atomic mass is 10.4. The van der Waals surface area contributed by atoms with Crippen molar-refractivity contribution in [3.05, 3.63) is 0 Å². The molecule has 1 atom stereocenters. The van der Waals surface area contributed by atoms with Crippen LogP contribution in [0.4, 0.5) is 5.95 Å². The lowest BCUT2D eigenvalue weighted by molar-refractivity contribution is 0.113. The summed E-state index contributed by atoms with van der Waals surface area (Å²) in [4.78, 5) is 12.2. The minimum absolute atomic E-state index is 0.219. The van der Waals surface area contributed by atoms with Crippen molar-refractivity contribution >= 4 is 17.7 Å². The highest BCUT2D eigenvalue weighted by atomic mass is 32.2. The van der Waals surface area contributed by atoms with Gasteiger partial charge in [0.15, 0.2) is 5.16 Å². The van der Waals surface area contributed by atoms with Crippen molar-refractivity contribution in [1.29, 1.82) is 0 Å². The Morgan fingerprint density at radius 2 is 2.18 bits per heavy atom. The third-order valence-electron chi connectivity index (χ3n) is 1.73. The zero-order chi connectivity index (χ0) is 12.7. The monoisotopic (exact) mass is 260 g/mol. The highest BCUT2D eigenvalue weighted by Crippen LogP contribution is 2.18. The molecule has 1 unspecified atom stereocenters. The van der Waals surface area contributed by atoms with E-state index in [1.807, 2.05) is 6.92 Å². The Balaban J connectivity index is 2.72. The standard InChI is InChI=1S/C9H16N4O3S/c1-3-10-7-11-8(16-2)13-9(12-7)17-5-6(15)4-14/h6,14-15H,3-5H2,1-2H3,(H,10,11,12,13). The van der Waals surface area contributed by atoms with Crippen molar-refractivity contribution < 1.29 is 14.9 Å². The molecule has 0 aliphatic heterocycles. The second kappa shape index (κ2) is 7.25. The van der Waals surface area contributed by atoms with Crippen LogP contribution in [0.15, 0.2) is 5.16 Å². The summed E-state index contributed by atoms with van der Waals surface area (Å²) in [7, 11) is 1.47. The van der Waals surface area contributed by atoms with Gasteiger partial charge in [0.25, 0.3) is 0 Å². The first-order valence-corrected chi connectivity index (χ1v) is 6.13. The zero-order valence-electron chi connectivity index (χ0n) is 9.75. The van der Waals surface area contributed by atoms with E-state index in [4.69, 9.17) is 9.84 Å². The van der Waals surface area contributed by atoms with Gasteiger partial charge < -0.3 is 20.3 Å². The lowest BCUT2D eigenvalue weighted by Crippen LogP contribution is -2.15. The lowest BCUT2D eigenvalue weighted by Gasteiger charge is -2.08. The first-order chi connectivity index (χ1) is 8.19. The van der Waals surface area contributed by atoms with Crippen LogP contribution in [0.3, 0.4) is 0 Å². The maximum atomic E-state index is 9.23. The van der Waals surface area contributed by atoms with Gasteiger partial charge >= 0.3 is 6.01 Å². The number of thioether (sulfide) groups is 1. The third kappa shape index (κ3) is 4.72. The van der Waals surface area contributed by atoms with E-state index in [1.54, 1.807) is 0 Å². The van der Waals surface area contributed by atoms with Crippen LogP contribution >= 0.6 is 11.8 Å².